The van der Waals surface area contributed by atoms with E-state index in [1.807, 2.05) is 0 Å². The van der Waals surface area contributed by atoms with Crippen molar-refractivity contribution in [2.45, 2.75) is 45.4 Å². The molecule has 1 aliphatic heterocycles. The van der Waals surface area contributed by atoms with Crippen LogP contribution in [0.15, 0.2) is 18.2 Å². The van der Waals surface area contributed by atoms with E-state index in [2.05, 4.69) is 37.4 Å². The van der Waals surface area contributed by atoms with Crippen LogP contribution in [0, 0.1) is 0 Å². The third kappa shape index (κ3) is 2.26. The first kappa shape index (κ1) is 11.2. The maximum atomic E-state index is 11.4. The molecule has 2 rings (SSSR count). The van der Waals surface area contributed by atoms with Crippen LogP contribution in [0.1, 0.15) is 50.2 Å². The molecule has 1 atom stereocenters. The molecule has 0 aliphatic carbocycles. The lowest BCUT2D eigenvalue weighted by molar-refractivity contribution is -0.116. The first-order valence-electron chi connectivity index (χ1n) is 6.13. The summed E-state index contributed by atoms with van der Waals surface area (Å²) in [6, 6.07) is 6.45. The minimum Gasteiger partial charge on any atom is -0.326 e. The molecule has 1 aromatic carbocycles. The molecular weight excluding hydrogens is 198 g/mol. The maximum Gasteiger partial charge on any atom is 0.224 e. The number of rotatable bonds is 2. The van der Waals surface area contributed by atoms with Gasteiger partial charge in [0.25, 0.3) is 0 Å². The van der Waals surface area contributed by atoms with Crippen LogP contribution in [0.3, 0.4) is 0 Å². The summed E-state index contributed by atoms with van der Waals surface area (Å²) in [5.74, 6) is 0.749. The predicted molar refractivity (Wildman–Crippen MR) is 66.7 cm³/mol. The van der Waals surface area contributed by atoms with Gasteiger partial charge in [-0.05, 0) is 42.4 Å². The Labute approximate surface area is 97.1 Å². The highest BCUT2D eigenvalue weighted by molar-refractivity contribution is 5.92. The van der Waals surface area contributed by atoms with E-state index < -0.39 is 0 Å². The van der Waals surface area contributed by atoms with Gasteiger partial charge in [0, 0.05) is 12.1 Å². The molecule has 0 radical (unpaired) electrons. The van der Waals surface area contributed by atoms with Gasteiger partial charge in [-0.2, -0.15) is 0 Å². The van der Waals surface area contributed by atoms with Crippen LogP contribution in [-0.4, -0.2) is 5.91 Å². The average Bonchev–Trinajstić information content (AvgIpc) is 2.47. The number of aryl methyl sites for hydroxylation is 1. The van der Waals surface area contributed by atoms with E-state index in [4.69, 9.17) is 0 Å². The predicted octanol–water partition coefficient (Wildman–Crippen LogP) is 3.47. The number of hydrogen-bond donors (Lipinski definition) is 1. The number of nitrogens with one attached hydrogen (secondary N) is 1. The zero-order valence-corrected chi connectivity index (χ0v) is 10.0. The first-order chi connectivity index (χ1) is 7.70. The van der Waals surface area contributed by atoms with Crippen molar-refractivity contribution >= 4 is 11.6 Å². The molecule has 0 spiro atoms. The Balaban J connectivity index is 2.31. The van der Waals surface area contributed by atoms with Crippen LogP contribution >= 0.6 is 0 Å². The lowest BCUT2D eigenvalue weighted by Crippen LogP contribution is -2.09. The number of fused-ring (bicyclic) bond motifs is 1. The van der Waals surface area contributed by atoms with Crippen molar-refractivity contribution in [3.63, 3.8) is 0 Å². The number of amides is 1. The van der Waals surface area contributed by atoms with E-state index in [1.165, 1.54) is 11.1 Å². The Kier molecular flexibility index (Phi) is 3.28. The Morgan fingerprint density at radius 1 is 1.38 bits per heavy atom. The van der Waals surface area contributed by atoms with Gasteiger partial charge in [0.1, 0.15) is 0 Å². The Hall–Kier alpha value is -1.31. The molecular formula is C14H19NO. The molecule has 0 fully saturated rings. The van der Waals surface area contributed by atoms with Crippen LogP contribution < -0.4 is 5.32 Å². The van der Waals surface area contributed by atoms with Crippen LogP contribution in [0.4, 0.5) is 5.69 Å². The summed E-state index contributed by atoms with van der Waals surface area (Å²) in [6.07, 6.45) is 3.78. The van der Waals surface area contributed by atoms with E-state index >= 15 is 0 Å². The molecule has 1 amide bonds. The van der Waals surface area contributed by atoms with Crippen molar-refractivity contribution in [1.82, 2.24) is 0 Å². The Bertz CT molecular complexity index is 398. The number of carbonyl (C=O) groups is 1. The zero-order chi connectivity index (χ0) is 11.5. The van der Waals surface area contributed by atoms with Crippen LogP contribution in [0.5, 0.6) is 0 Å². The van der Waals surface area contributed by atoms with Crippen LogP contribution in [0.25, 0.3) is 0 Å². The van der Waals surface area contributed by atoms with Gasteiger partial charge < -0.3 is 5.32 Å². The van der Waals surface area contributed by atoms with E-state index in [0.717, 1.165) is 24.9 Å². The standard InChI is InChI=1S/C14H19NO/c1-3-10(2)11-7-8-13-12(9-11)5-4-6-14(16)15-13/h7-10H,3-6H2,1-2H3,(H,15,16). The van der Waals surface area contributed by atoms with Gasteiger partial charge in [-0.3, -0.25) is 4.79 Å². The largest absolute Gasteiger partial charge is 0.326 e. The van der Waals surface area contributed by atoms with Gasteiger partial charge in [0.05, 0.1) is 0 Å². The highest BCUT2D eigenvalue weighted by Gasteiger charge is 2.14. The monoisotopic (exact) mass is 217 g/mol. The second kappa shape index (κ2) is 4.69. The van der Waals surface area contributed by atoms with E-state index in [9.17, 15) is 4.79 Å². The third-order valence-corrected chi connectivity index (χ3v) is 3.43. The molecule has 1 heterocycles. The summed E-state index contributed by atoms with van der Waals surface area (Å²) in [5, 5.41) is 2.97. The van der Waals surface area contributed by atoms with E-state index in [-0.39, 0.29) is 5.91 Å². The quantitative estimate of drug-likeness (QED) is 0.807. The summed E-state index contributed by atoms with van der Waals surface area (Å²) in [6.45, 7) is 4.45. The molecule has 1 aliphatic rings. The lowest BCUT2D eigenvalue weighted by Gasteiger charge is -2.13. The van der Waals surface area contributed by atoms with Crippen molar-refractivity contribution in [1.29, 1.82) is 0 Å². The molecule has 0 saturated carbocycles. The van der Waals surface area contributed by atoms with Crippen molar-refractivity contribution in [2.75, 3.05) is 5.32 Å². The summed E-state index contributed by atoms with van der Waals surface area (Å²) in [4.78, 5) is 11.4. The van der Waals surface area contributed by atoms with E-state index in [1.54, 1.807) is 0 Å². The zero-order valence-electron chi connectivity index (χ0n) is 10.0. The van der Waals surface area contributed by atoms with Crippen molar-refractivity contribution < 1.29 is 4.79 Å². The maximum absolute atomic E-state index is 11.4. The molecule has 0 aromatic heterocycles. The van der Waals surface area contributed by atoms with Gasteiger partial charge in [0.15, 0.2) is 0 Å². The van der Waals surface area contributed by atoms with Gasteiger partial charge in [-0.1, -0.05) is 26.0 Å². The molecule has 0 bridgehead atoms. The van der Waals surface area contributed by atoms with E-state index in [0.29, 0.717) is 12.3 Å². The normalized spacial score (nSPS) is 17.2. The van der Waals surface area contributed by atoms with Gasteiger partial charge in [0.2, 0.25) is 5.91 Å². The molecule has 1 N–H and O–H groups in total. The van der Waals surface area contributed by atoms with Gasteiger partial charge >= 0.3 is 0 Å². The highest BCUT2D eigenvalue weighted by atomic mass is 16.1. The molecule has 1 aromatic rings. The summed E-state index contributed by atoms with van der Waals surface area (Å²) < 4.78 is 0. The fraction of sp³-hybridized carbons (Fsp3) is 0.500. The molecule has 86 valence electrons. The number of carbonyl (C=O) groups excluding carboxylic acids is 1. The van der Waals surface area contributed by atoms with Crippen LogP contribution in [-0.2, 0) is 11.2 Å². The third-order valence-electron chi connectivity index (χ3n) is 3.43. The SMILES string of the molecule is CCC(C)c1ccc2c(c1)CCCC(=O)N2. The highest BCUT2D eigenvalue weighted by Crippen LogP contribution is 2.27. The number of anilines is 1. The van der Waals surface area contributed by atoms with Crippen molar-refractivity contribution in [3.05, 3.63) is 29.3 Å². The topological polar surface area (TPSA) is 29.1 Å². The summed E-state index contributed by atoms with van der Waals surface area (Å²) in [7, 11) is 0. The Morgan fingerprint density at radius 3 is 2.94 bits per heavy atom. The van der Waals surface area contributed by atoms with Gasteiger partial charge in [-0.15, -0.1) is 0 Å². The van der Waals surface area contributed by atoms with Crippen molar-refractivity contribution in [3.8, 4) is 0 Å². The first-order valence-corrected chi connectivity index (χ1v) is 6.13. The molecule has 16 heavy (non-hydrogen) atoms. The Morgan fingerprint density at radius 2 is 2.19 bits per heavy atom. The second-order valence-corrected chi connectivity index (χ2v) is 4.63. The fourth-order valence-corrected chi connectivity index (χ4v) is 2.14. The smallest absolute Gasteiger partial charge is 0.224 e. The summed E-state index contributed by atoms with van der Waals surface area (Å²) in [5.41, 5.74) is 3.69. The van der Waals surface area contributed by atoms with Crippen molar-refractivity contribution in [2.24, 2.45) is 0 Å². The fourth-order valence-electron chi connectivity index (χ4n) is 2.14. The summed E-state index contributed by atoms with van der Waals surface area (Å²) >= 11 is 0. The molecule has 2 nitrogen and oxygen atoms in total. The molecule has 1 unspecified atom stereocenters. The van der Waals surface area contributed by atoms with Gasteiger partial charge in [-0.25, -0.2) is 0 Å². The molecule has 0 saturated heterocycles. The molecule has 2 heteroatoms. The number of hydrogen-bond acceptors (Lipinski definition) is 1. The van der Waals surface area contributed by atoms with Crippen LogP contribution in [0.2, 0.25) is 0 Å². The second-order valence-electron chi connectivity index (χ2n) is 4.63. The number of benzene rings is 1. The minimum absolute atomic E-state index is 0.148. The minimum atomic E-state index is 0.148. The lowest BCUT2D eigenvalue weighted by atomic mass is 9.95. The average molecular weight is 217 g/mol.